The lowest BCUT2D eigenvalue weighted by atomic mass is 10.2. The van der Waals surface area contributed by atoms with Gasteiger partial charge in [-0.1, -0.05) is 0 Å². The summed E-state index contributed by atoms with van der Waals surface area (Å²) >= 11 is 0. The van der Waals surface area contributed by atoms with Crippen LogP contribution in [0.2, 0.25) is 0 Å². The summed E-state index contributed by atoms with van der Waals surface area (Å²) in [6.45, 7) is 2.43. The van der Waals surface area contributed by atoms with E-state index in [2.05, 4.69) is 16.2 Å². The first-order valence-corrected chi connectivity index (χ1v) is 8.61. The van der Waals surface area contributed by atoms with Gasteiger partial charge in [-0.15, -0.1) is 0 Å². The highest BCUT2D eigenvalue weighted by molar-refractivity contribution is 5.78. The zero-order valence-electron chi connectivity index (χ0n) is 14.8. The number of hydrogen-bond acceptors (Lipinski definition) is 4. The lowest BCUT2D eigenvalue weighted by molar-refractivity contribution is 0.197. The first kappa shape index (κ1) is 17.8. The molecule has 6 nitrogen and oxygen atoms in total. The smallest absolute Gasteiger partial charge is 0.154 e. The second kappa shape index (κ2) is 6.87. The summed E-state index contributed by atoms with van der Waals surface area (Å²) in [5, 5.41) is 24.1. The predicted octanol–water partition coefficient (Wildman–Crippen LogP) is 3.47. The van der Waals surface area contributed by atoms with Crippen LogP contribution < -0.4 is 0 Å². The van der Waals surface area contributed by atoms with Gasteiger partial charge in [0.2, 0.25) is 0 Å². The molecule has 4 aromatic rings. The van der Waals surface area contributed by atoms with Gasteiger partial charge in [-0.2, -0.15) is 10.4 Å². The molecule has 0 aliphatic heterocycles. The van der Waals surface area contributed by atoms with Gasteiger partial charge in [0.25, 0.3) is 0 Å². The van der Waals surface area contributed by atoms with Crippen molar-refractivity contribution in [1.29, 1.82) is 5.26 Å². The van der Waals surface area contributed by atoms with Gasteiger partial charge in [0.15, 0.2) is 6.10 Å². The monoisotopic (exact) mass is 379 g/mol. The number of nitrogens with zero attached hydrogens (tertiary/aromatic N) is 5. The van der Waals surface area contributed by atoms with Gasteiger partial charge < -0.3 is 9.67 Å². The normalized spacial score (nSPS) is 12.2. The van der Waals surface area contributed by atoms with Crippen LogP contribution in [0.3, 0.4) is 0 Å². The van der Waals surface area contributed by atoms with E-state index in [1.165, 1.54) is 12.3 Å². The van der Waals surface area contributed by atoms with Crippen LogP contribution >= 0.6 is 0 Å². The SMILES string of the molecule is CCn1c(C(O)c2ccnn2-c2cc(F)ccc2F)nc2cc(C#N)ccc21. The van der Waals surface area contributed by atoms with Crippen molar-refractivity contribution < 1.29 is 13.9 Å². The third kappa shape index (κ3) is 2.82. The molecule has 0 radical (unpaired) electrons. The molecule has 2 aromatic heterocycles. The van der Waals surface area contributed by atoms with Gasteiger partial charge in [-0.25, -0.2) is 18.4 Å². The summed E-state index contributed by atoms with van der Waals surface area (Å²) in [4.78, 5) is 4.48. The number of imidazole rings is 1. The summed E-state index contributed by atoms with van der Waals surface area (Å²) in [6, 6.07) is 11.7. The third-order valence-corrected chi connectivity index (χ3v) is 4.56. The largest absolute Gasteiger partial charge is 0.379 e. The minimum Gasteiger partial charge on any atom is -0.379 e. The van der Waals surface area contributed by atoms with Crippen molar-refractivity contribution in [2.24, 2.45) is 0 Å². The fourth-order valence-corrected chi connectivity index (χ4v) is 3.26. The molecular formula is C20H15F2N5O. The average molecular weight is 379 g/mol. The minimum absolute atomic E-state index is 0.107. The second-order valence-electron chi connectivity index (χ2n) is 6.20. The van der Waals surface area contributed by atoms with Crippen molar-refractivity contribution in [2.75, 3.05) is 0 Å². The van der Waals surface area contributed by atoms with Gasteiger partial charge in [-0.3, -0.25) is 0 Å². The minimum atomic E-state index is -1.23. The van der Waals surface area contributed by atoms with Crippen molar-refractivity contribution in [2.45, 2.75) is 19.6 Å². The fraction of sp³-hybridized carbons (Fsp3) is 0.150. The van der Waals surface area contributed by atoms with Gasteiger partial charge in [0, 0.05) is 18.8 Å². The maximum atomic E-state index is 14.2. The van der Waals surface area contributed by atoms with Crippen LogP contribution in [0.4, 0.5) is 8.78 Å². The number of fused-ring (bicyclic) bond motifs is 1. The van der Waals surface area contributed by atoms with E-state index in [9.17, 15) is 13.9 Å². The lowest BCUT2D eigenvalue weighted by Gasteiger charge is -2.15. The van der Waals surface area contributed by atoms with E-state index in [1.807, 2.05) is 6.92 Å². The molecule has 0 saturated carbocycles. The number of aliphatic hydroxyl groups excluding tert-OH is 1. The quantitative estimate of drug-likeness (QED) is 0.589. The summed E-state index contributed by atoms with van der Waals surface area (Å²) in [5.74, 6) is -0.954. The Morgan fingerprint density at radius 3 is 2.75 bits per heavy atom. The second-order valence-corrected chi connectivity index (χ2v) is 6.20. The summed E-state index contributed by atoms with van der Waals surface area (Å²) in [6.07, 6.45) is 0.165. The molecule has 8 heteroatoms. The average Bonchev–Trinajstić information content (AvgIpc) is 3.33. The molecular weight excluding hydrogens is 364 g/mol. The molecule has 1 atom stereocenters. The van der Waals surface area contributed by atoms with Crippen LogP contribution in [0.1, 0.15) is 30.1 Å². The molecule has 4 rings (SSSR count). The van der Waals surface area contributed by atoms with Gasteiger partial charge in [-0.05, 0) is 43.3 Å². The highest BCUT2D eigenvalue weighted by Crippen LogP contribution is 2.28. The van der Waals surface area contributed by atoms with Crippen LogP contribution in [0, 0.1) is 23.0 Å². The van der Waals surface area contributed by atoms with Crippen LogP contribution in [0.5, 0.6) is 0 Å². The molecule has 1 N–H and O–H groups in total. The zero-order chi connectivity index (χ0) is 19.8. The molecule has 28 heavy (non-hydrogen) atoms. The number of halogens is 2. The first-order valence-electron chi connectivity index (χ1n) is 8.61. The Kier molecular flexibility index (Phi) is 4.37. The van der Waals surface area contributed by atoms with Crippen molar-refractivity contribution in [3.63, 3.8) is 0 Å². The van der Waals surface area contributed by atoms with Crippen molar-refractivity contribution >= 4 is 11.0 Å². The molecule has 0 aliphatic carbocycles. The molecule has 1 unspecified atom stereocenters. The first-order chi connectivity index (χ1) is 13.5. The number of nitriles is 1. The Bertz CT molecular complexity index is 1220. The van der Waals surface area contributed by atoms with E-state index in [4.69, 9.17) is 5.26 Å². The van der Waals surface area contributed by atoms with E-state index in [0.29, 0.717) is 23.4 Å². The Balaban J connectivity index is 1.86. The number of aromatic nitrogens is 4. The number of rotatable bonds is 4. The third-order valence-electron chi connectivity index (χ3n) is 4.56. The van der Waals surface area contributed by atoms with E-state index in [0.717, 1.165) is 28.4 Å². The highest BCUT2D eigenvalue weighted by atomic mass is 19.1. The number of hydrogen-bond donors (Lipinski definition) is 1. The predicted molar refractivity (Wildman–Crippen MR) is 97.7 cm³/mol. The lowest BCUT2D eigenvalue weighted by Crippen LogP contribution is -2.14. The molecule has 2 heterocycles. The Morgan fingerprint density at radius 2 is 2.00 bits per heavy atom. The van der Waals surface area contributed by atoms with Gasteiger partial charge in [0.05, 0.1) is 28.4 Å². The fourth-order valence-electron chi connectivity index (χ4n) is 3.26. The molecule has 2 aromatic carbocycles. The number of aryl methyl sites for hydroxylation is 1. The maximum Gasteiger partial charge on any atom is 0.154 e. The summed E-state index contributed by atoms with van der Waals surface area (Å²) in [5.41, 5.74) is 1.93. The summed E-state index contributed by atoms with van der Waals surface area (Å²) in [7, 11) is 0. The molecule has 140 valence electrons. The van der Waals surface area contributed by atoms with Crippen LogP contribution in [-0.4, -0.2) is 24.4 Å². The molecule has 0 bridgehead atoms. The van der Waals surface area contributed by atoms with E-state index in [-0.39, 0.29) is 11.4 Å². The molecule has 0 aliphatic rings. The topological polar surface area (TPSA) is 79.7 Å². The van der Waals surface area contributed by atoms with Gasteiger partial charge in [0.1, 0.15) is 23.1 Å². The van der Waals surface area contributed by atoms with E-state index >= 15 is 0 Å². The highest BCUT2D eigenvalue weighted by Gasteiger charge is 2.24. The van der Waals surface area contributed by atoms with Gasteiger partial charge >= 0.3 is 0 Å². The zero-order valence-corrected chi connectivity index (χ0v) is 14.8. The van der Waals surface area contributed by atoms with Crippen molar-refractivity contribution in [3.8, 4) is 11.8 Å². The number of aliphatic hydroxyl groups is 1. The number of benzene rings is 2. The van der Waals surface area contributed by atoms with E-state index in [1.54, 1.807) is 22.8 Å². The standard InChI is InChI=1S/C20H15F2N5O/c1-2-26-16-6-3-12(11-23)9-15(16)25-20(26)19(28)17-7-8-24-27(17)18-10-13(21)4-5-14(18)22/h3-10,19,28H,2H2,1H3. The summed E-state index contributed by atoms with van der Waals surface area (Å²) < 4.78 is 30.8. The van der Waals surface area contributed by atoms with Crippen LogP contribution in [0.15, 0.2) is 48.7 Å². The molecule has 0 saturated heterocycles. The van der Waals surface area contributed by atoms with Crippen molar-refractivity contribution in [1.82, 2.24) is 19.3 Å². The van der Waals surface area contributed by atoms with Crippen molar-refractivity contribution in [3.05, 3.63) is 77.4 Å². The molecule has 0 fully saturated rings. The Labute approximate surface area is 158 Å². The van der Waals surface area contributed by atoms with Crippen LogP contribution in [-0.2, 0) is 6.54 Å². The molecule has 0 amide bonds. The van der Waals surface area contributed by atoms with E-state index < -0.39 is 17.7 Å². The maximum absolute atomic E-state index is 14.2. The van der Waals surface area contributed by atoms with Crippen LogP contribution in [0.25, 0.3) is 16.7 Å². The molecule has 0 spiro atoms. The Hall–Kier alpha value is -3.57. The Morgan fingerprint density at radius 1 is 1.18 bits per heavy atom.